The summed E-state index contributed by atoms with van der Waals surface area (Å²) in [6.07, 6.45) is 1.70. The molecule has 4 nitrogen and oxygen atoms in total. The molecule has 104 valence electrons. The lowest BCUT2D eigenvalue weighted by Gasteiger charge is -2.33. The van der Waals surface area contributed by atoms with Gasteiger partial charge in [0.1, 0.15) is 5.41 Å². The van der Waals surface area contributed by atoms with Gasteiger partial charge < -0.3 is 9.47 Å². The molecule has 0 spiro atoms. The number of thioether (sulfide) groups is 1. The lowest BCUT2D eigenvalue weighted by molar-refractivity contribution is -0.169. The molecule has 0 bridgehead atoms. The summed E-state index contributed by atoms with van der Waals surface area (Å²) in [6, 6.07) is 0. The summed E-state index contributed by atoms with van der Waals surface area (Å²) in [5, 5.41) is 0. The number of ketones is 1. The van der Waals surface area contributed by atoms with Crippen molar-refractivity contribution >= 4 is 23.5 Å². The minimum absolute atomic E-state index is 0.0197. The lowest BCUT2D eigenvalue weighted by Crippen LogP contribution is -2.48. The first-order valence-electron chi connectivity index (χ1n) is 6.53. The quantitative estimate of drug-likeness (QED) is 0.404. The molecule has 18 heavy (non-hydrogen) atoms. The second kappa shape index (κ2) is 7.79. The maximum Gasteiger partial charge on any atom is 0.322 e. The summed E-state index contributed by atoms with van der Waals surface area (Å²) in [6.45, 7) is 4.76. The highest BCUT2D eigenvalue weighted by molar-refractivity contribution is 7.99. The van der Waals surface area contributed by atoms with Crippen LogP contribution in [0.2, 0.25) is 0 Å². The Morgan fingerprint density at radius 2 is 2.28 bits per heavy atom. The van der Waals surface area contributed by atoms with Gasteiger partial charge >= 0.3 is 5.97 Å². The smallest absolute Gasteiger partial charge is 0.322 e. The van der Waals surface area contributed by atoms with Crippen molar-refractivity contribution in [3.8, 4) is 0 Å². The van der Waals surface area contributed by atoms with Crippen molar-refractivity contribution in [2.45, 2.75) is 33.1 Å². The fourth-order valence-corrected chi connectivity index (χ4v) is 2.74. The van der Waals surface area contributed by atoms with Crippen molar-refractivity contribution in [3.63, 3.8) is 0 Å². The molecule has 5 heteroatoms. The van der Waals surface area contributed by atoms with E-state index >= 15 is 0 Å². The molecule has 1 aliphatic rings. The fourth-order valence-electron chi connectivity index (χ4n) is 2.11. The topological polar surface area (TPSA) is 52.6 Å². The van der Waals surface area contributed by atoms with Crippen LogP contribution >= 0.6 is 11.8 Å². The Kier molecular flexibility index (Phi) is 6.71. The summed E-state index contributed by atoms with van der Waals surface area (Å²) >= 11 is 1.82. The fraction of sp³-hybridized carbons (Fsp3) is 0.846. The zero-order chi connectivity index (χ0) is 13.4. The van der Waals surface area contributed by atoms with Crippen LogP contribution in [0.3, 0.4) is 0 Å². The van der Waals surface area contributed by atoms with Crippen molar-refractivity contribution in [1.29, 1.82) is 0 Å². The zero-order valence-corrected chi connectivity index (χ0v) is 12.0. The third-order valence-corrected chi connectivity index (χ3v) is 4.10. The number of esters is 1. The molecule has 0 aliphatic carbocycles. The van der Waals surface area contributed by atoms with Gasteiger partial charge in [-0.05, 0) is 31.3 Å². The average Bonchev–Trinajstić information content (AvgIpc) is 2.37. The molecule has 1 atom stereocenters. The van der Waals surface area contributed by atoms with E-state index in [1.165, 1.54) is 0 Å². The third-order valence-electron chi connectivity index (χ3n) is 3.12. The second-order valence-electron chi connectivity index (χ2n) is 4.33. The van der Waals surface area contributed by atoms with Gasteiger partial charge in [0.2, 0.25) is 0 Å². The maximum atomic E-state index is 12.1. The molecular weight excluding hydrogens is 252 g/mol. The Labute approximate surface area is 113 Å². The zero-order valence-electron chi connectivity index (χ0n) is 11.2. The van der Waals surface area contributed by atoms with Crippen LogP contribution in [0.15, 0.2) is 0 Å². The van der Waals surface area contributed by atoms with E-state index in [1.54, 1.807) is 6.92 Å². The van der Waals surface area contributed by atoms with Gasteiger partial charge in [-0.25, -0.2) is 0 Å². The summed E-state index contributed by atoms with van der Waals surface area (Å²) in [7, 11) is 0. The molecule has 1 fully saturated rings. The molecule has 0 aromatic heterocycles. The average molecular weight is 274 g/mol. The highest BCUT2D eigenvalue weighted by atomic mass is 32.2. The Balaban J connectivity index is 2.67. The highest BCUT2D eigenvalue weighted by Crippen LogP contribution is 2.32. The first-order chi connectivity index (χ1) is 8.67. The maximum absolute atomic E-state index is 12.1. The van der Waals surface area contributed by atoms with Gasteiger partial charge in [-0.3, -0.25) is 9.59 Å². The molecule has 1 rings (SSSR count). The predicted molar refractivity (Wildman–Crippen MR) is 71.7 cm³/mol. The van der Waals surface area contributed by atoms with Crippen molar-refractivity contribution in [2.75, 3.05) is 31.3 Å². The summed E-state index contributed by atoms with van der Waals surface area (Å²) in [5.41, 5.74) is -1.04. The third kappa shape index (κ3) is 3.72. The number of carbonyl (C=O) groups is 2. The van der Waals surface area contributed by atoms with Crippen LogP contribution in [0.25, 0.3) is 0 Å². The SMILES string of the molecule is CCOC(=O)C1(CCCSCC)COCCC1=O. The van der Waals surface area contributed by atoms with E-state index in [0.717, 1.165) is 17.9 Å². The molecule has 0 aromatic rings. The summed E-state index contributed by atoms with van der Waals surface area (Å²) in [4.78, 5) is 24.2. The summed E-state index contributed by atoms with van der Waals surface area (Å²) in [5.74, 6) is 1.59. The molecular formula is C13H22O4S. The first kappa shape index (κ1) is 15.5. The van der Waals surface area contributed by atoms with Crippen LogP contribution in [-0.2, 0) is 19.1 Å². The molecule has 1 saturated heterocycles. The largest absolute Gasteiger partial charge is 0.465 e. The van der Waals surface area contributed by atoms with Crippen LogP contribution < -0.4 is 0 Å². The number of Topliss-reactive ketones (excluding diaryl/α,β-unsaturated/α-hetero) is 1. The molecule has 0 N–H and O–H groups in total. The Morgan fingerprint density at radius 1 is 1.50 bits per heavy atom. The van der Waals surface area contributed by atoms with Crippen molar-refractivity contribution in [1.82, 2.24) is 0 Å². The highest BCUT2D eigenvalue weighted by Gasteiger charge is 2.48. The van der Waals surface area contributed by atoms with Gasteiger partial charge in [-0.15, -0.1) is 0 Å². The van der Waals surface area contributed by atoms with Gasteiger partial charge in [-0.1, -0.05) is 6.92 Å². The molecule has 0 aromatic carbocycles. The second-order valence-corrected chi connectivity index (χ2v) is 5.72. The van der Waals surface area contributed by atoms with E-state index in [4.69, 9.17) is 9.47 Å². The minimum Gasteiger partial charge on any atom is -0.465 e. The van der Waals surface area contributed by atoms with Crippen LogP contribution in [-0.4, -0.2) is 43.1 Å². The van der Waals surface area contributed by atoms with Gasteiger partial charge in [-0.2, -0.15) is 11.8 Å². The molecule has 1 aliphatic heterocycles. The van der Waals surface area contributed by atoms with E-state index in [0.29, 0.717) is 26.1 Å². The van der Waals surface area contributed by atoms with Crippen molar-refractivity contribution in [2.24, 2.45) is 5.41 Å². The molecule has 1 heterocycles. The van der Waals surface area contributed by atoms with Gasteiger partial charge in [0.25, 0.3) is 0 Å². The summed E-state index contributed by atoms with van der Waals surface area (Å²) < 4.78 is 10.4. The van der Waals surface area contributed by atoms with Crippen LogP contribution in [0.5, 0.6) is 0 Å². The van der Waals surface area contributed by atoms with Crippen LogP contribution in [0.1, 0.15) is 33.1 Å². The first-order valence-corrected chi connectivity index (χ1v) is 7.69. The van der Waals surface area contributed by atoms with Crippen molar-refractivity contribution in [3.05, 3.63) is 0 Å². The van der Waals surface area contributed by atoms with E-state index in [1.807, 2.05) is 11.8 Å². The van der Waals surface area contributed by atoms with Crippen molar-refractivity contribution < 1.29 is 19.1 Å². The number of ether oxygens (including phenoxy) is 2. The normalized spacial score (nSPS) is 24.0. The molecule has 0 saturated carbocycles. The van der Waals surface area contributed by atoms with E-state index in [9.17, 15) is 9.59 Å². The van der Waals surface area contributed by atoms with Crippen LogP contribution in [0.4, 0.5) is 0 Å². The Bertz CT molecular complexity index is 293. The monoisotopic (exact) mass is 274 g/mol. The van der Waals surface area contributed by atoms with Gasteiger partial charge in [0.05, 0.1) is 19.8 Å². The van der Waals surface area contributed by atoms with E-state index < -0.39 is 11.4 Å². The number of rotatable bonds is 7. The van der Waals surface area contributed by atoms with Gasteiger partial charge in [0.15, 0.2) is 5.78 Å². The van der Waals surface area contributed by atoms with E-state index in [-0.39, 0.29) is 12.4 Å². The minimum atomic E-state index is -1.04. The van der Waals surface area contributed by atoms with E-state index in [2.05, 4.69) is 6.92 Å². The predicted octanol–water partition coefficient (Wildman–Crippen LogP) is 2.06. The standard InChI is InChI=1S/C13H22O4S/c1-3-17-12(15)13(7-5-9-18-4-2)10-16-8-6-11(13)14/h3-10H2,1-2H3. The lowest BCUT2D eigenvalue weighted by atomic mass is 9.77. The molecule has 0 radical (unpaired) electrons. The number of hydrogen-bond acceptors (Lipinski definition) is 5. The van der Waals surface area contributed by atoms with Gasteiger partial charge in [0, 0.05) is 6.42 Å². The van der Waals surface area contributed by atoms with Crippen LogP contribution in [0, 0.1) is 5.41 Å². The molecule has 1 unspecified atom stereocenters. The Morgan fingerprint density at radius 3 is 2.89 bits per heavy atom. The number of carbonyl (C=O) groups excluding carboxylic acids is 2. The Hall–Kier alpha value is -0.550. The molecule has 0 amide bonds. The number of hydrogen-bond donors (Lipinski definition) is 0.